The maximum absolute atomic E-state index is 11.1. The van der Waals surface area contributed by atoms with Crippen molar-refractivity contribution in [1.29, 1.82) is 0 Å². The average molecular weight is 151 g/mol. The molecule has 1 atom stereocenters. The van der Waals surface area contributed by atoms with E-state index in [2.05, 4.69) is 5.32 Å². The van der Waals surface area contributed by atoms with Crippen molar-refractivity contribution >= 4 is 5.91 Å². The van der Waals surface area contributed by atoms with E-state index < -0.39 is 6.23 Å². The van der Waals surface area contributed by atoms with E-state index in [0.717, 1.165) is 24.0 Å². The molecular formula is C8H9NO2. The van der Waals surface area contributed by atoms with Crippen LogP contribution in [0.25, 0.3) is 0 Å². The highest BCUT2D eigenvalue weighted by atomic mass is 16.3. The van der Waals surface area contributed by atoms with Gasteiger partial charge in [-0.3, -0.25) is 4.79 Å². The van der Waals surface area contributed by atoms with E-state index >= 15 is 0 Å². The van der Waals surface area contributed by atoms with Crippen LogP contribution in [-0.4, -0.2) is 17.2 Å². The highest BCUT2D eigenvalue weighted by Gasteiger charge is 2.28. The Bertz CT molecular complexity index is 265. The van der Waals surface area contributed by atoms with Crippen LogP contribution in [0.4, 0.5) is 0 Å². The lowest BCUT2D eigenvalue weighted by atomic mass is 9.99. The van der Waals surface area contributed by atoms with Crippen LogP contribution >= 0.6 is 0 Å². The molecule has 58 valence electrons. The maximum Gasteiger partial charge on any atom is 0.249 e. The molecule has 0 aromatic heterocycles. The Balaban J connectivity index is 2.41. The second kappa shape index (κ2) is 2.20. The fraction of sp³-hybridized carbons (Fsp3) is 0.375. The first-order valence-corrected chi connectivity index (χ1v) is 3.67. The lowest BCUT2D eigenvalue weighted by molar-refractivity contribution is -0.118. The standard InChI is InChI=1S/C8H9NO2/c10-7-5-3-1-2-4-6(5)8(11)9-7/h1,3,7,10H,2,4H2,(H,9,11). The third-order valence-electron chi connectivity index (χ3n) is 2.04. The first-order chi connectivity index (χ1) is 5.29. The first kappa shape index (κ1) is 6.61. The molecule has 0 aromatic carbocycles. The number of carbonyl (C=O) groups excluding carboxylic acids is 1. The van der Waals surface area contributed by atoms with Crippen molar-refractivity contribution in [2.75, 3.05) is 0 Å². The molecule has 1 aliphatic carbocycles. The lowest BCUT2D eigenvalue weighted by Gasteiger charge is -2.06. The van der Waals surface area contributed by atoms with Crippen molar-refractivity contribution in [2.24, 2.45) is 0 Å². The zero-order chi connectivity index (χ0) is 7.84. The van der Waals surface area contributed by atoms with Crippen molar-refractivity contribution in [3.05, 3.63) is 23.3 Å². The second-order valence-corrected chi connectivity index (χ2v) is 2.75. The molecule has 3 heteroatoms. The van der Waals surface area contributed by atoms with Crippen LogP contribution in [0, 0.1) is 0 Å². The minimum Gasteiger partial charge on any atom is -0.369 e. The highest BCUT2D eigenvalue weighted by molar-refractivity contribution is 5.98. The van der Waals surface area contributed by atoms with Crippen LogP contribution < -0.4 is 5.32 Å². The Labute approximate surface area is 64.4 Å². The molecule has 0 saturated carbocycles. The number of nitrogens with one attached hydrogen (secondary N) is 1. The molecule has 1 heterocycles. The van der Waals surface area contributed by atoms with Gasteiger partial charge < -0.3 is 10.4 Å². The second-order valence-electron chi connectivity index (χ2n) is 2.75. The summed E-state index contributed by atoms with van der Waals surface area (Å²) in [6, 6.07) is 0. The lowest BCUT2D eigenvalue weighted by Crippen LogP contribution is -2.27. The molecule has 0 aromatic rings. The minimum absolute atomic E-state index is 0.114. The Hall–Kier alpha value is -1.09. The van der Waals surface area contributed by atoms with Gasteiger partial charge in [0.15, 0.2) is 6.23 Å². The third kappa shape index (κ3) is 0.886. The summed E-state index contributed by atoms with van der Waals surface area (Å²) < 4.78 is 0. The topological polar surface area (TPSA) is 49.3 Å². The number of allylic oxidation sites excluding steroid dienone is 1. The molecule has 2 rings (SSSR count). The summed E-state index contributed by atoms with van der Waals surface area (Å²) >= 11 is 0. The molecule has 3 nitrogen and oxygen atoms in total. The van der Waals surface area contributed by atoms with Gasteiger partial charge >= 0.3 is 0 Å². The Kier molecular flexibility index (Phi) is 1.32. The van der Waals surface area contributed by atoms with Gasteiger partial charge in [0.2, 0.25) is 5.91 Å². The van der Waals surface area contributed by atoms with Gasteiger partial charge in [-0.1, -0.05) is 12.2 Å². The third-order valence-corrected chi connectivity index (χ3v) is 2.04. The van der Waals surface area contributed by atoms with Gasteiger partial charge in [0.25, 0.3) is 0 Å². The Morgan fingerprint density at radius 2 is 2.45 bits per heavy atom. The summed E-state index contributed by atoms with van der Waals surface area (Å²) in [5.41, 5.74) is 1.50. The van der Waals surface area contributed by atoms with E-state index in [0.29, 0.717) is 0 Å². The molecule has 11 heavy (non-hydrogen) atoms. The number of amides is 1. The quantitative estimate of drug-likeness (QED) is 0.515. The minimum atomic E-state index is -0.769. The van der Waals surface area contributed by atoms with Crippen molar-refractivity contribution in [2.45, 2.75) is 19.1 Å². The molecule has 0 fully saturated rings. The van der Waals surface area contributed by atoms with E-state index in [9.17, 15) is 9.90 Å². The van der Waals surface area contributed by atoms with Gasteiger partial charge in [0.05, 0.1) is 0 Å². The molecule has 0 spiro atoms. The normalized spacial score (nSPS) is 28.8. The van der Waals surface area contributed by atoms with Gasteiger partial charge in [-0.2, -0.15) is 0 Å². The molecule has 2 aliphatic rings. The monoisotopic (exact) mass is 151 g/mol. The Morgan fingerprint density at radius 1 is 1.64 bits per heavy atom. The number of rotatable bonds is 0. The summed E-state index contributed by atoms with van der Waals surface area (Å²) in [4.78, 5) is 11.1. The van der Waals surface area contributed by atoms with Gasteiger partial charge in [0.1, 0.15) is 0 Å². The van der Waals surface area contributed by atoms with E-state index in [1.54, 1.807) is 0 Å². The predicted molar refractivity (Wildman–Crippen MR) is 39.5 cm³/mol. The zero-order valence-electron chi connectivity index (χ0n) is 6.00. The Morgan fingerprint density at radius 3 is 3.18 bits per heavy atom. The van der Waals surface area contributed by atoms with Crippen molar-refractivity contribution in [3.63, 3.8) is 0 Å². The zero-order valence-corrected chi connectivity index (χ0v) is 6.00. The van der Waals surface area contributed by atoms with E-state index in [4.69, 9.17) is 0 Å². The fourth-order valence-corrected chi connectivity index (χ4v) is 1.47. The summed E-state index contributed by atoms with van der Waals surface area (Å²) in [5.74, 6) is -0.114. The summed E-state index contributed by atoms with van der Waals surface area (Å²) in [7, 11) is 0. The molecular weight excluding hydrogens is 142 g/mol. The van der Waals surface area contributed by atoms with Gasteiger partial charge in [-0.05, 0) is 12.8 Å². The van der Waals surface area contributed by atoms with E-state index in [1.165, 1.54) is 0 Å². The largest absolute Gasteiger partial charge is 0.369 e. The van der Waals surface area contributed by atoms with Crippen LogP contribution in [0.2, 0.25) is 0 Å². The van der Waals surface area contributed by atoms with Crippen molar-refractivity contribution in [3.8, 4) is 0 Å². The van der Waals surface area contributed by atoms with Crippen LogP contribution in [0.1, 0.15) is 12.8 Å². The number of hydrogen-bond acceptors (Lipinski definition) is 2. The predicted octanol–water partition coefficient (Wildman–Crippen LogP) is 0.0812. The van der Waals surface area contributed by atoms with Crippen molar-refractivity contribution < 1.29 is 9.90 Å². The summed E-state index contributed by atoms with van der Waals surface area (Å²) in [6.45, 7) is 0. The van der Waals surface area contributed by atoms with Crippen molar-refractivity contribution in [1.82, 2.24) is 5.32 Å². The molecule has 1 unspecified atom stereocenters. The fourth-order valence-electron chi connectivity index (χ4n) is 1.47. The number of aliphatic hydroxyl groups is 1. The maximum atomic E-state index is 11.1. The first-order valence-electron chi connectivity index (χ1n) is 3.67. The number of aliphatic hydroxyl groups excluding tert-OH is 1. The summed E-state index contributed by atoms with van der Waals surface area (Å²) in [6.07, 6.45) is 4.69. The number of carbonyl (C=O) groups is 1. The smallest absolute Gasteiger partial charge is 0.249 e. The summed E-state index contributed by atoms with van der Waals surface area (Å²) in [5, 5.41) is 11.7. The van der Waals surface area contributed by atoms with Crippen LogP contribution in [-0.2, 0) is 4.79 Å². The van der Waals surface area contributed by atoms with Crippen LogP contribution in [0.15, 0.2) is 23.3 Å². The van der Waals surface area contributed by atoms with Gasteiger partial charge in [-0.25, -0.2) is 0 Å². The molecule has 1 amide bonds. The SMILES string of the molecule is O=C1NC(O)C2=C1CCC=C2. The molecule has 2 N–H and O–H groups in total. The van der Waals surface area contributed by atoms with Gasteiger partial charge in [-0.15, -0.1) is 0 Å². The van der Waals surface area contributed by atoms with Crippen LogP contribution in [0.3, 0.4) is 0 Å². The molecule has 1 aliphatic heterocycles. The highest BCUT2D eigenvalue weighted by Crippen LogP contribution is 2.25. The number of hydrogen-bond donors (Lipinski definition) is 2. The van der Waals surface area contributed by atoms with E-state index in [-0.39, 0.29) is 5.91 Å². The van der Waals surface area contributed by atoms with Gasteiger partial charge in [0, 0.05) is 11.1 Å². The molecule has 0 saturated heterocycles. The molecule has 0 radical (unpaired) electrons. The molecule has 0 bridgehead atoms. The van der Waals surface area contributed by atoms with Crippen LogP contribution in [0.5, 0.6) is 0 Å². The average Bonchev–Trinajstić information content (AvgIpc) is 2.30. The van der Waals surface area contributed by atoms with E-state index in [1.807, 2.05) is 12.2 Å².